The summed E-state index contributed by atoms with van der Waals surface area (Å²) in [5.74, 6) is 0.885. The van der Waals surface area contributed by atoms with Gasteiger partial charge in [-0.15, -0.1) is 0 Å². The number of aromatic nitrogens is 3. The van der Waals surface area contributed by atoms with Crippen LogP contribution in [0.1, 0.15) is 31.1 Å². The van der Waals surface area contributed by atoms with Crippen molar-refractivity contribution < 1.29 is 9.13 Å². The molecule has 4 nitrogen and oxygen atoms in total. The van der Waals surface area contributed by atoms with Gasteiger partial charge in [0.15, 0.2) is 5.16 Å². The monoisotopic (exact) mass is 477 g/mol. The average Bonchev–Trinajstić information content (AvgIpc) is 3.27. The van der Waals surface area contributed by atoms with E-state index in [1.54, 1.807) is 17.8 Å². The summed E-state index contributed by atoms with van der Waals surface area (Å²) in [5.41, 5.74) is 0.832. The molecule has 8 heteroatoms. The van der Waals surface area contributed by atoms with Gasteiger partial charge in [-0.2, -0.15) is 5.10 Å². The van der Waals surface area contributed by atoms with E-state index in [1.807, 2.05) is 28.9 Å². The molecular weight excluding hydrogens is 456 g/mol. The van der Waals surface area contributed by atoms with Crippen molar-refractivity contribution >= 4 is 35.0 Å². The Bertz CT molecular complexity index is 1070. The van der Waals surface area contributed by atoms with Gasteiger partial charge in [-0.3, -0.25) is 0 Å². The van der Waals surface area contributed by atoms with Crippen LogP contribution in [0, 0.1) is 11.7 Å². The Kier molecular flexibility index (Phi) is 6.72. The van der Waals surface area contributed by atoms with Crippen molar-refractivity contribution in [3.05, 3.63) is 87.9 Å². The first-order valence-electron chi connectivity index (χ1n) is 9.94. The van der Waals surface area contributed by atoms with Crippen LogP contribution in [0.15, 0.2) is 66.1 Å². The number of nitrogens with zero attached hydrogens (tertiary/aromatic N) is 3. The van der Waals surface area contributed by atoms with Crippen molar-refractivity contribution in [1.29, 1.82) is 0 Å². The smallest absolute Gasteiger partial charge is 0.186 e. The molecule has 2 unspecified atom stereocenters. The van der Waals surface area contributed by atoms with Crippen LogP contribution in [0.5, 0.6) is 0 Å². The molecule has 0 bridgehead atoms. The van der Waals surface area contributed by atoms with E-state index in [2.05, 4.69) is 36.1 Å². The van der Waals surface area contributed by atoms with E-state index in [-0.39, 0.29) is 6.10 Å². The summed E-state index contributed by atoms with van der Waals surface area (Å²) in [6, 6.07) is 12.0. The molecule has 0 spiro atoms. The second-order valence-electron chi connectivity index (χ2n) is 7.78. The summed E-state index contributed by atoms with van der Waals surface area (Å²) < 4.78 is 22.2. The van der Waals surface area contributed by atoms with Crippen LogP contribution >= 0.6 is 35.0 Å². The molecular formula is C23H22Cl2FN3OS. The van der Waals surface area contributed by atoms with Gasteiger partial charge in [-0.25, -0.2) is 14.1 Å². The number of rotatable bonds is 8. The maximum atomic E-state index is 14.2. The summed E-state index contributed by atoms with van der Waals surface area (Å²) in [4.78, 5) is 4.39. The van der Waals surface area contributed by atoms with Crippen LogP contribution in [-0.4, -0.2) is 20.5 Å². The molecule has 1 aromatic heterocycles. The number of hydrogen-bond acceptors (Lipinski definition) is 4. The standard InChI is InChI=1S/C23H22Cl2FN3OS/c1-15(2)4-3-9-31-22-27-14-28-29(22)13-23(17-10-19(25)12-20(26)11-17)21(30-23)16-5-7-18(24)8-6-16/h3-8,10-12,14-15,21H,9,13H2,1-2H3/b4-3+. The number of halogens is 3. The Hall–Kier alpha value is -1.86. The number of allylic oxidation sites excluding steroid dienone is 1. The summed E-state index contributed by atoms with van der Waals surface area (Å²) >= 11 is 13.8. The molecule has 3 aromatic rings. The third kappa shape index (κ3) is 5.14. The summed E-state index contributed by atoms with van der Waals surface area (Å²) in [6.07, 6.45) is 5.54. The van der Waals surface area contributed by atoms with Crippen molar-refractivity contribution in [1.82, 2.24) is 14.8 Å². The quantitative estimate of drug-likeness (QED) is 0.205. The molecule has 2 aromatic carbocycles. The van der Waals surface area contributed by atoms with E-state index < -0.39 is 11.4 Å². The van der Waals surface area contributed by atoms with Crippen molar-refractivity contribution in [2.75, 3.05) is 5.75 Å². The Morgan fingerprint density at radius 2 is 1.97 bits per heavy atom. The van der Waals surface area contributed by atoms with Gasteiger partial charge < -0.3 is 4.74 Å². The first-order valence-corrected chi connectivity index (χ1v) is 11.7. The predicted molar refractivity (Wildman–Crippen MR) is 123 cm³/mol. The average molecular weight is 478 g/mol. The van der Waals surface area contributed by atoms with Crippen LogP contribution in [0.3, 0.4) is 0 Å². The van der Waals surface area contributed by atoms with Crippen LogP contribution in [0.25, 0.3) is 0 Å². The third-order valence-corrected chi connectivity index (χ3v) is 6.42. The Morgan fingerprint density at radius 1 is 1.19 bits per heavy atom. The molecule has 2 atom stereocenters. The molecule has 0 aliphatic carbocycles. The zero-order valence-electron chi connectivity index (χ0n) is 17.1. The summed E-state index contributed by atoms with van der Waals surface area (Å²) in [7, 11) is 0. The van der Waals surface area contributed by atoms with E-state index in [0.29, 0.717) is 28.1 Å². The normalized spacial score (nSPS) is 20.6. The highest BCUT2D eigenvalue weighted by Gasteiger charge is 2.59. The maximum Gasteiger partial charge on any atom is 0.186 e. The first kappa shape index (κ1) is 22.3. The van der Waals surface area contributed by atoms with Crippen LogP contribution < -0.4 is 0 Å². The van der Waals surface area contributed by atoms with Gasteiger partial charge in [0, 0.05) is 15.8 Å². The van der Waals surface area contributed by atoms with E-state index in [0.717, 1.165) is 16.5 Å². The van der Waals surface area contributed by atoms with E-state index in [4.69, 9.17) is 27.9 Å². The molecule has 2 heterocycles. The van der Waals surface area contributed by atoms with E-state index in [9.17, 15) is 4.39 Å². The minimum Gasteiger partial charge on any atom is -0.354 e. The molecule has 1 fully saturated rings. The molecule has 0 N–H and O–H groups in total. The Labute approximate surface area is 195 Å². The van der Waals surface area contributed by atoms with Gasteiger partial charge in [0.25, 0.3) is 0 Å². The van der Waals surface area contributed by atoms with Crippen LogP contribution in [-0.2, 0) is 16.9 Å². The number of hydrogen-bond donors (Lipinski definition) is 0. The predicted octanol–water partition coefficient (Wildman–Crippen LogP) is 6.70. The lowest BCUT2D eigenvalue weighted by Gasteiger charge is -2.16. The molecule has 0 saturated carbocycles. The topological polar surface area (TPSA) is 43.2 Å². The molecule has 0 radical (unpaired) electrons. The maximum absolute atomic E-state index is 14.2. The largest absolute Gasteiger partial charge is 0.354 e. The highest BCUT2D eigenvalue weighted by Crippen LogP contribution is 2.58. The van der Waals surface area contributed by atoms with Gasteiger partial charge in [0.05, 0.1) is 6.54 Å². The van der Waals surface area contributed by atoms with Crippen LogP contribution in [0.2, 0.25) is 10.0 Å². The van der Waals surface area contributed by atoms with Gasteiger partial charge in [0.1, 0.15) is 23.8 Å². The van der Waals surface area contributed by atoms with Crippen molar-refractivity contribution in [3.63, 3.8) is 0 Å². The number of benzene rings is 2. The molecule has 0 amide bonds. The molecule has 162 valence electrons. The molecule has 31 heavy (non-hydrogen) atoms. The van der Waals surface area contributed by atoms with Crippen molar-refractivity contribution in [2.24, 2.45) is 5.92 Å². The van der Waals surface area contributed by atoms with Gasteiger partial charge in [-0.1, -0.05) is 73.1 Å². The van der Waals surface area contributed by atoms with Crippen molar-refractivity contribution in [2.45, 2.75) is 37.3 Å². The summed E-state index contributed by atoms with van der Waals surface area (Å²) in [5, 5.41) is 6.15. The second kappa shape index (κ2) is 9.33. The summed E-state index contributed by atoms with van der Waals surface area (Å²) in [6.45, 7) is 4.66. The second-order valence-corrected chi connectivity index (χ2v) is 9.64. The minimum absolute atomic E-state index is 0.273. The Morgan fingerprint density at radius 3 is 2.68 bits per heavy atom. The number of thioether (sulfide) groups is 1. The zero-order chi connectivity index (χ0) is 22.0. The highest BCUT2D eigenvalue weighted by atomic mass is 35.5. The minimum atomic E-state index is -0.795. The highest BCUT2D eigenvalue weighted by molar-refractivity contribution is 7.99. The lowest BCUT2D eigenvalue weighted by Crippen LogP contribution is -2.21. The molecule has 1 saturated heterocycles. The van der Waals surface area contributed by atoms with Gasteiger partial charge >= 0.3 is 0 Å². The molecule has 4 rings (SSSR count). The van der Waals surface area contributed by atoms with Gasteiger partial charge in [0.2, 0.25) is 0 Å². The molecule has 1 aliphatic rings. The fourth-order valence-electron chi connectivity index (χ4n) is 3.53. The van der Waals surface area contributed by atoms with Crippen LogP contribution in [0.4, 0.5) is 4.39 Å². The number of epoxide rings is 1. The van der Waals surface area contributed by atoms with Gasteiger partial charge in [-0.05, 0) is 47.4 Å². The van der Waals surface area contributed by atoms with Crippen molar-refractivity contribution in [3.8, 4) is 0 Å². The fraction of sp³-hybridized carbons (Fsp3) is 0.304. The number of ether oxygens (including phenoxy) is 1. The van der Waals surface area contributed by atoms with E-state index >= 15 is 0 Å². The lowest BCUT2D eigenvalue weighted by molar-refractivity contribution is 0.256. The fourth-order valence-corrected chi connectivity index (χ4v) is 4.61. The SMILES string of the molecule is CC(C)/C=C/CSc1ncnn1CC1(c2cc(F)cc(Cl)c2)OC1c1ccc(Cl)cc1. The Balaban J connectivity index is 1.63. The molecule has 1 aliphatic heterocycles. The third-order valence-electron chi connectivity index (χ3n) is 5.01. The van der Waals surface area contributed by atoms with E-state index in [1.165, 1.54) is 18.5 Å². The zero-order valence-corrected chi connectivity index (χ0v) is 19.5. The lowest BCUT2D eigenvalue weighted by atomic mass is 9.91. The first-order chi connectivity index (χ1) is 14.9.